The van der Waals surface area contributed by atoms with Crippen molar-refractivity contribution in [1.82, 2.24) is 10.2 Å². The predicted octanol–water partition coefficient (Wildman–Crippen LogP) is 4.08. The van der Waals surface area contributed by atoms with Crippen molar-refractivity contribution in [2.75, 3.05) is 74.6 Å². The molecule has 8 nitrogen and oxygen atoms in total. The third kappa shape index (κ3) is 7.38. The summed E-state index contributed by atoms with van der Waals surface area (Å²) < 4.78 is 5.55. The number of nitrogens with zero attached hydrogens (tertiary/aromatic N) is 3. The van der Waals surface area contributed by atoms with E-state index in [0.717, 1.165) is 62.9 Å². The molecule has 0 aliphatic carbocycles. The molecule has 1 aliphatic rings. The van der Waals surface area contributed by atoms with E-state index in [0.29, 0.717) is 17.8 Å². The molecule has 2 aromatic carbocycles. The van der Waals surface area contributed by atoms with Crippen LogP contribution in [0.2, 0.25) is 0 Å². The fraction of sp³-hybridized carbons (Fsp3) is 0.517. The van der Waals surface area contributed by atoms with Gasteiger partial charge in [-0.2, -0.15) is 0 Å². The largest absolute Gasteiger partial charge is 0.495 e. The molecule has 0 unspecified atom stereocenters. The third-order valence-corrected chi connectivity index (χ3v) is 6.83. The highest BCUT2D eigenvalue weighted by molar-refractivity contribution is 6.02. The molecule has 2 N–H and O–H groups in total. The number of carbonyl (C=O) groups is 2. The van der Waals surface area contributed by atoms with Gasteiger partial charge in [-0.25, -0.2) is 0 Å². The Morgan fingerprint density at radius 3 is 2.16 bits per heavy atom. The number of nitrogens with one attached hydrogen (secondary N) is 2. The van der Waals surface area contributed by atoms with E-state index in [9.17, 15) is 9.59 Å². The molecular formula is C29H43N5O3. The van der Waals surface area contributed by atoms with E-state index in [1.807, 2.05) is 51.1 Å². The first-order valence-electron chi connectivity index (χ1n) is 13.3. The fourth-order valence-corrected chi connectivity index (χ4v) is 4.43. The highest BCUT2D eigenvalue weighted by Crippen LogP contribution is 2.31. The zero-order chi connectivity index (χ0) is 27.0. The van der Waals surface area contributed by atoms with Crippen molar-refractivity contribution in [2.45, 2.75) is 34.6 Å². The molecular weight excluding hydrogens is 466 g/mol. The van der Waals surface area contributed by atoms with Crippen LogP contribution >= 0.6 is 0 Å². The second kappa shape index (κ2) is 12.8. The van der Waals surface area contributed by atoms with Gasteiger partial charge in [-0.1, -0.05) is 46.8 Å². The zero-order valence-corrected chi connectivity index (χ0v) is 23.3. The number of piperazine rings is 1. The number of hydrogen-bond donors (Lipinski definition) is 2. The first-order chi connectivity index (χ1) is 17.7. The van der Waals surface area contributed by atoms with Crippen LogP contribution in [0.15, 0.2) is 42.5 Å². The fourth-order valence-electron chi connectivity index (χ4n) is 4.43. The van der Waals surface area contributed by atoms with E-state index >= 15 is 0 Å². The van der Waals surface area contributed by atoms with Gasteiger partial charge in [0, 0.05) is 56.1 Å². The number of ether oxygens (including phenoxy) is 1. The topological polar surface area (TPSA) is 77.2 Å². The number of hydrogen-bond acceptors (Lipinski definition) is 6. The van der Waals surface area contributed by atoms with Crippen molar-refractivity contribution >= 4 is 28.9 Å². The minimum Gasteiger partial charge on any atom is -0.495 e. The van der Waals surface area contributed by atoms with Crippen LogP contribution in [0.5, 0.6) is 5.75 Å². The molecule has 0 saturated carbocycles. The normalized spacial score (nSPS) is 14.0. The Morgan fingerprint density at radius 1 is 0.946 bits per heavy atom. The lowest BCUT2D eigenvalue weighted by Crippen LogP contribution is -2.47. The van der Waals surface area contributed by atoms with Crippen molar-refractivity contribution < 1.29 is 14.3 Å². The maximum absolute atomic E-state index is 13.4. The summed E-state index contributed by atoms with van der Waals surface area (Å²) in [4.78, 5) is 32.8. The van der Waals surface area contributed by atoms with Gasteiger partial charge in [-0.3, -0.25) is 9.59 Å². The van der Waals surface area contributed by atoms with Gasteiger partial charge < -0.3 is 30.1 Å². The first-order valence-corrected chi connectivity index (χ1v) is 13.3. The molecule has 1 heterocycles. The van der Waals surface area contributed by atoms with Crippen LogP contribution in [0.1, 0.15) is 45.0 Å². The van der Waals surface area contributed by atoms with Crippen molar-refractivity contribution in [3.8, 4) is 5.75 Å². The Kier molecular flexibility index (Phi) is 9.80. The van der Waals surface area contributed by atoms with E-state index in [2.05, 4.69) is 45.2 Å². The molecule has 3 rings (SSSR count). The Hall–Kier alpha value is -3.26. The lowest BCUT2D eigenvalue weighted by atomic mass is 9.95. The smallest absolute Gasteiger partial charge is 0.253 e. The van der Waals surface area contributed by atoms with Crippen molar-refractivity contribution in [3.63, 3.8) is 0 Å². The van der Waals surface area contributed by atoms with Crippen molar-refractivity contribution in [1.29, 1.82) is 0 Å². The zero-order valence-electron chi connectivity index (χ0n) is 23.3. The van der Waals surface area contributed by atoms with Gasteiger partial charge in [0.15, 0.2) is 0 Å². The number of methoxy groups -OCH3 is 1. The maximum Gasteiger partial charge on any atom is 0.253 e. The van der Waals surface area contributed by atoms with E-state index in [1.54, 1.807) is 13.2 Å². The minimum atomic E-state index is -0.528. The van der Waals surface area contributed by atoms with Gasteiger partial charge in [0.05, 0.1) is 18.4 Å². The summed E-state index contributed by atoms with van der Waals surface area (Å²) in [6.45, 7) is 16.3. The lowest BCUT2D eigenvalue weighted by molar-refractivity contribution is -0.123. The highest BCUT2D eigenvalue weighted by Gasteiger charge is 2.25. The average molecular weight is 510 g/mol. The molecule has 8 heteroatoms. The van der Waals surface area contributed by atoms with Crippen molar-refractivity contribution in [3.05, 3.63) is 48.0 Å². The van der Waals surface area contributed by atoms with Gasteiger partial charge in [0.1, 0.15) is 5.75 Å². The van der Waals surface area contributed by atoms with Crippen LogP contribution in [-0.4, -0.2) is 76.2 Å². The van der Waals surface area contributed by atoms with Crippen LogP contribution in [-0.2, 0) is 4.79 Å². The summed E-state index contributed by atoms with van der Waals surface area (Å²) >= 11 is 0. The maximum atomic E-state index is 13.4. The SMILES string of the molecule is CCN(CC)CCNC(=O)c1cc(NC(=O)C(C)(C)C)ccc1N1CCN(c2ccccc2OC)CC1. The Balaban J connectivity index is 1.79. The number of benzene rings is 2. The molecule has 37 heavy (non-hydrogen) atoms. The summed E-state index contributed by atoms with van der Waals surface area (Å²) in [7, 11) is 1.69. The molecule has 1 aliphatic heterocycles. The molecule has 0 spiro atoms. The highest BCUT2D eigenvalue weighted by atomic mass is 16.5. The minimum absolute atomic E-state index is 0.0847. The number of carbonyl (C=O) groups excluding carboxylic acids is 2. The van der Waals surface area contributed by atoms with E-state index in [-0.39, 0.29) is 11.8 Å². The molecule has 0 aromatic heterocycles. The average Bonchev–Trinajstić information content (AvgIpc) is 2.90. The first kappa shape index (κ1) is 28.3. The van der Waals surface area contributed by atoms with Gasteiger partial charge in [-0.05, 0) is 43.4 Å². The summed E-state index contributed by atoms with van der Waals surface area (Å²) in [5.74, 6) is 0.655. The Labute approximate surface area is 222 Å². The van der Waals surface area contributed by atoms with Crippen LogP contribution in [0.3, 0.4) is 0 Å². The molecule has 0 radical (unpaired) electrons. The van der Waals surface area contributed by atoms with Crippen LogP contribution in [0, 0.1) is 5.41 Å². The Bertz CT molecular complexity index is 1050. The second-order valence-electron chi connectivity index (χ2n) is 10.4. The number of anilines is 3. The molecule has 1 fully saturated rings. The molecule has 0 bridgehead atoms. The monoisotopic (exact) mass is 509 g/mol. The number of likely N-dealkylation sites (N-methyl/N-ethyl adjacent to an activating group) is 1. The van der Waals surface area contributed by atoms with Crippen LogP contribution in [0.25, 0.3) is 0 Å². The molecule has 202 valence electrons. The number of rotatable bonds is 10. The molecule has 2 aromatic rings. The Morgan fingerprint density at radius 2 is 1.57 bits per heavy atom. The van der Waals surface area contributed by atoms with E-state index < -0.39 is 5.41 Å². The second-order valence-corrected chi connectivity index (χ2v) is 10.4. The summed E-state index contributed by atoms with van der Waals surface area (Å²) in [6, 6.07) is 13.7. The summed E-state index contributed by atoms with van der Waals surface area (Å²) in [6.07, 6.45) is 0. The van der Waals surface area contributed by atoms with Crippen LogP contribution in [0.4, 0.5) is 17.1 Å². The van der Waals surface area contributed by atoms with Gasteiger partial charge in [0.25, 0.3) is 5.91 Å². The molecule has 2 amide bonds. The third-order valence-electron chi connectivity index (χ3n) is 6.83. The molecule has 1 saturated heterocycles. The number of amides is 2. The van der Waals surface area contributed by atoms with E-state index in [1.165, 1.54) is 0 Å². The van der Waals surface area contributed by atoms with Gasteiger partial charge >= 0.3 is 0 Å². The molecule has 0 atom stereocenters. The predicted molar refractivity (Wildman–Crippen MR) is 152 cm³/mol. The quantitative estimate of drug-likeness (QED) is 0.503. The lowest BCUT2D eigenvalue weighted by Gasteiger charge is -2.38. The van der Waals surface area contributed by atoms with Gasteiger partial charge in [-0.15, -0.1) is 0 Å². The summed E-state index contributed by atoms with van der Waals surface area (Å²) in [5, 5.41) is 6.06. The van der Waals surface area contributed by atoms with Crippen LogP contribution < -0.4 is 25.2 Å². The summed E-state index contributed by atoms with van der Waals surface area (Å²) in [5.41, 5.74) is 2.65. The van der Waals surface area contributed by atoms with Gasteiger partial charge in [0.2, 0.25) is 5.91 Å². The standard InChI is InChI=1S/C29H43N5O3/c1-7-32(8-2)16-15-30-27(35)23-21-22(31-28(36)29(3,4)5)13-14-24(23)33-17-19-34(20-18-33)25-11-9-10-12-26(25)37-6/h9-14,21H,7-8,15-20H2,1-6H3,(H,30,35)(H,31,36). The van der Waals surface area contributed by atoms with E-state index in [4.69, 9.17) is 4.74 Å². The van der Waals surface area contributed by atoms with Crippen molar-refractivity contribution in [2.24, 2.45) is 5.41 Å². The number of para-hydroxylation sites is 2.